The minimum atomic E-state index is -0.293. The number of esters is 1. The lowest BCUT2D eigenvalue weighted by atomic mass is 10.3. The lowest BCUT2D eigenvalue weighted by molar-refractivity contribution is -0.137. The molecule has 0 aromatic carbocycles. The Hall–Kier alpha value is -1.34. The number of carbonyl (C=O) groups excluding carboxylic acids is 1. The van der Waals surface area contributed by atoms with Crippen molar-refractivity contribution >= 4 is 5.97 Å². The predicted octanol–water partition coefficient (Wildman–Crippen LogP) is 1.48. The van der Waals surface area contributed by atoms with E-state index in [1.54, 1.807) is 6.92 Å². The van der Waals surface area contributed by atoms with Crippen molar-refractivity contribution in [2.45, 2.75) is 32.2 Å². The summed E-state index contributed by atoms with van der Waals surface area (Å²) in [6.45, 7) is 3.71. The molecular weight excluding hydrogens is 204 g/mol. The van der Waals surface area contributed by atoms with Gasteiger partial charge in [0.1, 0.15) is 0 Å². The number of nitrogens with zero attached hydrogens (tertiary/aromatic N) is 2. The van der Waals surface area contributed by atoms with Crippen molar-refractivity contribution in [2.24, 2.45) is 0 Å². The van der Waals surface area contributed by atoms with E-state index >= 15 is 0 Å². The minimum Gasteiger partial charge on any atom is -0.463 e. The lowest BCUT2D eigenvalue weighted by Crippen LogP contribution is -2.27. The van der Waals surface area contributed by atoms with Gasteiger partial charge < -0.3 is 4.74 Å². The van der Waals surface area contributed by atoms with Crippen LogP contribution in [0.1, 0.15) is 26.2 Å². The van der Waals surface area contributed by atoms with E-state index in [1.165, 1.54) is 18.9 Å². The number of hydrogen-bond acceptors (Lipinski definition) is 4. The van der Waals surface area contributed by atoms with E-state index in [0.29, 0.717) is 19.1 Å². The van der Waals surface area contributed by atoms with E-state index in [-0.39, 0.29) is 5.97 Å². The van der Waals surface area contributed by atoms with Crippen LogP contribution in [0.3, 0.4) is 0 Å². The van der Waals surface area contributed by atoms with Gasteiger partial charge in [-0.15, -0.1) is 0 Å². The van der Waals surface area contributed by atoms with Crippen molar-refractivity contribution in [3.8, 4) is 6.07 Å². The predicted molar refractivity (Wildman–Crippen MR) is 60.6 cm³/mol. The van der Waals surface area contributed by atoms with Gasteiger partial charge in [-0.3, -0.25) is 4.90 Å². The number of ether oxygens (including phenoxy) is 1. The molecular formula is C12H18N2O2. The van der Waals surface area contributed by atoms with Crippen molar-refractivity contribution in [1.82, 2.24) is 4.90 Å². The molecule has 0 saturated heterocycles. The fourth-order valence-electron chi connectivity index (χ4n) is 1.53. The second kappa shape index (κ2) is 7.02. The Kier molecular flexibility index (Phi) is 5.58. The summed E-state index contributed by atoms with van der Waals surface area (Å²) < 4.78 is 4.78. The smallest absolute Gasteiger partial charge is 0.330 e. The van der Waals surface area contributed by atoms with Gasteiger partial charge in [0.15, 0.2) is 0 Å². The summed E-state index contributed by atoms with van der Waals surface area (Å²) in [6.07, 6.45) is 6.24. The third kappa shape index (κ3) is 4.94. The summed E-state index contributed by atoms with van der Waals surface area (Å²) in [5.41, 5.74) is 0. The third-order valence-electron chi connectivity index (χ3n) is 2.45. The van der Waals surface area contributed by atoms with Gasteiger partial charge in [0.05, 0.1) is 12.7 Å². The summed E-state index contributed by atoms with van der Waals surface area (Å²) in [7, 11) is 0. The average Bonchev–Trinajstić information content (AvgIpc) is 3.07. The van der Waals surface area contributed by atoms with Crippen molar-refractivity contribution in [2.75, 3.05) is 19.7 Å². The largest absolute Gasteiger partial charge is 0.463 e. The molecule has 1 rings (SSSR count). The Bertz CT molecular complexity index is 290. The van der Waals surface area contributed by atoms with Gasteiger partial charge in [0.25, 0.3) is 0 Å². The van der Waals surface area contributed by atoms with E-state index in [9.17, 15) is 4.79 Å². The molecule has 0 radical (unpaired) electrons. The maximum atomic E-state index is 11.0. The Morgan fingerprint density at radius 1 is 1.62 bits per heavy atom. The molecule has 0 aliphatic heterocycles. The summed E-state index contributed by atoms with van der Waals surface area (Å²) in [5, 5.41) is 8.53. The van der Waals surface area contributed by atoms with E-state index in [4.69, 9.17) is 10.00 Å². The molecule has 4 heteroatoms. The van der Waals surface area contributed by atoms with Crippen LogP contribution < -0.4 is 0 Å². The monoisotopic (exact) mass is 222 g/mol. The lowest BCUT2D eigenvalue weighted by Gasteiger charge is -2.17. The highest BCUT2D eigenvalue weighted by Gasteiger charge is 2.27. The van der Waals surface area contributed by atoms with Crippen LogP contribution in [-0.4, -0.2) is 36.6 Å². The molecule has 0 amide bonds. The summed E-state index contributed by atoms with van der Waals surface area (Å²) in [4.78, 5) is 13.3. The second-order valence-corrected chi connectivity index (χ2v) is 3.79. The molecule has 88 valence electrons. The Labute approximate surface area is 96.5 Å². The number of hydrogen-bond donors (Lipinski definition) is 0. The van der Waals surface area contributed by atoms with Crippen molar-refractivity contribution in [1.29, 1.82) is 5.26 Å². The molecule has 1 aliphatic rings. The first-order valence-electron chi connectivity index (χ1n) is 5.72. The first kappa shape index (κ1) is 12.7. The normalized spacial score (nSPS) is 15.3. The number of rotatable bonds is 7. The Morgan fingerprint density at radius 2 is 2.38 bits per heavy atom. The van der Waals surface area contributed by atoms with Crippen LogP contribution in [0, 0.1) is 11.3 Å². The molecule has 1 aliphatic carbocycles. The van der Waals surface area contributed by atoms with E-state index in [2.05, 4.69) is 11.0 Å². The fourth-order valence-corrected chi connectivity index (χ4v) is 1.53. The van der Waals surface area contributed by atoms with Crippen LogP contribution in [0.15, 0.2) is 12.2 Å². The maximum absolute atomic E-state index is 11.0. The molecule has 1 saturated carbocycles. The summed E-state index contributed by atoms with van der Waals surface area (Å²) in [6, 6.07) is 2.75. The molecule has 0 atom stereocenters. The molecule has 1 fully saturated rings. The van der Waals surface area contributed by atoms with Gasteiger partial charge in [0, 0.05) is 31.6 Å². The van der Waals surface area contributed by atoms with Crippen LogP contribution in [0.2, 0.25) is 0 Å². The topological polar surface area (TPSA) is 53.3 Å². The van der Waals surface area contributed by atoms with Crippen LogP contribution >= 0.6 is 0 Å². The fraction of sp³-hybridized carbons (Fsp3) is 0.667. The molecule has 0 bridgehead atoms. The van der Waals surface area contributed by atoms with Gasteiger partial charge in [-0.05, 0) is 19.8 Å². The number of nitriles is 1. The van der Waals surface area contributed by atoms with Crippen LogP contribution in [0.4, 0.5) is 0 Å². The standard InChI is InChI=1S/C12H18N2O2/c1-2-16-12(15)5-3-9-14(10-4-8-13)11-6-7-11/h3,5,11H,2,4,6-7,9-10H2,1H3/b5-3+. The molecule has 0 N–H and O–H groups in total. The molecule has 0 aromatic heterocycles. The first-order chi connectivity index (χ1) is 7.77. The van der Waals surface area contributed by atoms with Crippen molar-refractivity contribution in [3.63, 3.8) is 0 Å². The van der Waals surface area contributed by atoms with Gasteiger partial charge in [-0.2, -0.15) is 5.26 Å². The minimum absolute atomic E-state index is 0.293. The Balaban J connectivity index is 2.26. The third-order valence-corrected chi connectivity index (χ3v) is 2.45. The maximum Gasteiger partial charge on any atom is 0.330 e. The first-order valence-corrected chi connectivity index (χ1v) is 5.72. The van der Waals surface area contributed by atoms with Crippen LogP contribution in [0.5, 0.6) is 0 Å². The van der Waals surface area contributed by atoms with Gasteiger partial charge in [0.2, 0.25) is 0 Å². The Morgan fingerprint density at radius 3 is 2.94 bits per heavy atom. The molecule has 0 spiro atoms. The zero-order chi connectivity index (χ0) is 11.8. The van der Waals surface area contributed by atoms with E-state index in [1.807, 2.05) is 6.08 Å². The van der Waals surface area contributed by atoms with Gasteiger partial charge >= 0.3 is 5.97 Å². The highest BCUT2D eigenvalue weighted by molar-refractivity contribution is 5.81. The molecule has 0 heterocycles. The average molecular weight is 222 g/mol. The molecule has 0 unspecified atom stereocenters. The van der Waals surface area contributed by atoms with Crippen molar-refractivity contribution < 1.29 is 9.53 Å². The van der Waals surface area contributed by atoms with Crippen molar-refractivity contribution in [3.05, 3.63) is 12.2 Å². The molecule has 0 aromatic rings. The van der Waals surface area contributed by atoms with Gasteiger partial charge in [-0.25, -0.2) is 4.79 Å². The zero-order valence-electron chi connectivity index (χ0n) is 9.69. The van der Waals surface area contributed by atoms with E-state index < -0.39 is 0 Å². The van der Waals surface area contributed by atoms with Crippen LogP contribution in [0.25, 0.3) is 0 Å². The zero-order valence-corrected chi connectivity index (χ0v) is 9.69. The number of carbonyl (C=O) groups is 1. The summed E-state index contributed by atoms with van der Waals surface area (Å²) in [5.74, 6) is -0.293. The molecule has 4 nitrogen and oxygen atoms in total. The second-order valence-electron chi connectivity index (χ2n) is 3.79. The highest BCUT2D eigenvalue weighted by atomic mass is 16.5. The van der Waals surface area contributed by atoms with E-state index in [0.717, 1.165) is 13.1 Å². The van der Waals surface area contributed by atoms with Gasteiger partial charge in [-0.1, -0.05) is 6.08 Å². The molecule has 16 heavy (non-hydrogen) atoms. The SMILES string of the molecule is CCOC(=O)/C=C/CN(CCC#N)C1CC1. The summed E-state index contributed by atoms with van der Waals surface area (Å²) >= 11 is 0. The quantitative estimate of drug-likeness (QED) is 0.483. The van der Waals surface area contributed by atoms with Crippen LogP contribution in [-0.2, 0) is 9.53 Å². The highest BCUT2D eigenvalue weighted by Crippen LogP contribution is 2.26.